The van der Waals surface area contributed by atoms with E-state index >= 15 is 0 Å². The van der Waals surface area contributed by atoms with Gasteiger partial charge in [-0.2, -0.15) is 0 Å². The van der Waals surface area contributed by atoms with Gasteiger partial charge in [0, 0.05) is 10.1 Å². The van der Waals surface area contributed by atoms with Crippen molar-refractivity contribution in [2.24, 2.45) is 0 Å². The second-order valence-electron chi connectivity index (χ2n) is 2.98. The maximum absolute atomic E-state index is 5.56. The smallest absolute Gasteiger partial charge is 0.128 e. The first kappa shape index (κ1) is 8.57. The summed E-state index contributed by atoms with van der Waals surface area (Å²) >= 11 is 1.77. The number of hydrogen-bond donors (Lipinski definition) is 0. The second kappa shape index (κ2) is 3.38. The summed E-state index contributed by atoms with van der Waals surface area (Å²) in [5.41, 5.74) is 1.31. The lowest BCUT2D eigenvalue weighted by atomic mass is 10.2. The number of fused-ring (bicyclic) bond motifs is 1. The van der Waals surface area contributed by atoms with Crippen molar-refractivity contribution in [1.82, 2.24) is 0 Å². The van der Waals surface area contributed by atoms with Gasteiger partial charge in [0.1, 0.15) is 5.75 Å². The molecular formula is C11H12OS. The van der Waals surface area contributed by atoms with Crippen molar-refractivity contribution in [3.8, 4) is 5.75 Å². The lowest BCUT2D eigenvalue weighted by Gasteiger charge is -2.04. The van der Waals surface area contributed by atoms with Crippen LogP contribution in [-0.2, 0) is 0 Å². The van der Waals surface area contributed by atoms with Crippen molar-refractivity contribution in [2.75, 3.05) is 6.61 Å². The summed E-state index contributed by atoms with van der Waals surface area (Å²) in [5, 5.41) is 3.45. The van der Waals surface area contributed by atoms with E-state index in [1.54, 1.807) is 11.3 Å². The van der Waals surface area contributed by atoms with Gasteiger partial charge in [-0.05, 0) is 36.9 Å². The number of hydrogen-bond acceptors (Lipinski definition) is 2. The summed E-state index contributed by atoms with van der Waals surface area (Å²) in [6, 6.07) is 6.21. The molecule has 1 aromatic heterocycles. The van der Waals surface area contributed by atoms with Crippen molar-refractivity contribution in [3.63, 3.8) is 0 Å². The minimum Gasteiger partial charge on any atom is -0.493 e. The normalized spacial score (nSPS) is 10.6. The maximum Gasteiger partial charge on any atom is 0.128 e. The average molecular weight is 192 g/mol. The van der Waals surface area contributed by atoms with Gasteiger partial charge in [0.25, 0.3) is 0 Å². The van der Waals surface area contributed by atoms with Crippen molar-refractivity contribution in [3.05, 3.63) is 29.1 Å². The molecule has 0 unspecified atom stereocenters. The largest absolute Gasteiger partial charge is 0.493 e. The van der Waals surface area contributed by atoms with Gasteiger partial charge in [0.15, 0.2) is 0 Å². The molecule has 2 heteroatoms. The first-order valence-electron chi connectivity index (χ1n) is 4.42. The van der Waals surface area contributed by atoms with Crippen LogP contribution in [0.1, 0.15) is 12.5 Å². The van der Waals surface area contributed by atoms with E-state index in [1.165, 1.54) is 15.6 Å². The molecule has 0 aliphatic heterocycles. The SMILES string of the molecule is CCOc1cccc2scc(C)c12. The lowest BCUT2D eigenvalue weighted by Crippen LogP contribution is -1.91. The van der Waals surface area contributed by atoms with Crippen molar-refractivity contribution in [2.45, 2.75) is 13.8 Å². The molecule has 0 fully saturated rings. The zero-order chi connectivity index (χ0) is 9.26. The zero-order valence-corrected chi connectivity index (χ0v) is 8.65. The second-order valence-corrected chi connectivity index (χ2v) is 3.89. The van der Waals surface area contributed by atoms with E-state index in [1.807, 2.05) is 19.1 Å². The molecule has 0 saturated carbocycles. The van der Waals surface area contributed by atoms with Crippen LogP contribution in [0.15, 0.2) is 23.6 Å². The van der Waals surface area contributed by atoms with E-state index in [4.69, 9.17) is 4.74 Å². The Morgan fingerprint density at radius 1 is 1.38 bits per heavy atom. The van der Waals surface area contributed by atoms with E-state index in [9.17, 15) is 0 Å². The Labute approximate surface area is 82.0 Å². The highest BCUT2D eigenvalue weighted by Gasteiger charge is 2.05. The quantitative estimate of drug-likeness (QED) is 0.706. The Hall–Kier alpha value is -1.02. The summed E-state index contributed by atoms with van der Waals surface area (Å²) in [6.07, 6.45) is 0. The van der Waals surface area contributed by atoms with Gasteiger partial charge in [-0.15, -0.1) is 11.3 Å². The monoisotopic (exact) mass is 192 g/mol. The van der Waals surface area contributed by atoms with Gasteiger partial charge in [0.2, 0.25) is 0 Å². The van der Waals surface area contributed by atoms with Crippen LogP contribution in [0, 0.1) is 6.92 Å². The third-order valence-corrected chi connectivity index (χ3v) is 3.11. The molecule has 0 aliphatic carbocycles. The predicted octanol–water partition coefficient (Wildman–Crippen LogP) is 3.61. The lowest BCUT2D eigenvalue weighted by molar-refractivity contribution is 0.344. The molecule has 2 rings (SSSR count). The maximum atomic E-state index is 5.56. The fraction of sp³-hybridized carbons (Fsp3) is 0.273. The van der Waals surface area contributed by atoms with Gasteiger partial charge in [-0.3, -0.25) is 0 Å². The Balaban J connectivity index is 2.65. The summed E-state index contributed by atoms with van der Waals surface area (Å²) in [6.45, 7) is 4.87. The number of ether oxygens (including phenoxy) is 1. The fourth-order valence-electron chi connectivity index (χ4n) is 1.48. The van der Waals surface area contributed by atoms with Crippen molar-refractivity contribution >= 4 is 21.4 Å². The molecule has 0 N–H and O–H groups in total. The molecule has 0 bridgehead atoms. The van der Waals surface area contributed by atoms with Crippen LogP contribution >= 0.6 is 11.3 Å². The molecule has 1 heterocycles. The van der Waals surface area contributed by atoms with Crippen LogP contribution in [0.3, 0.4) is 0 Å². The highest BCUT2D eigenvalue weighted by Crippen LogP contribution is 2.33. The third kappa shape index (κ3) is 1.42. The van der Waals surface area contributed by atoms with E-state index in [-0.39, 0.29) is 0 Å². The Bertz CT molecular complexity index is 417. The summed E-state index contributed by atoms with van der Waals surface area (Å²) in [7, 11) is 0. The predicted molar refractivity (Wildman–Crippen MR) is 57.7 cm³/mol. The standard InChI is InChI=1S/C11H12OS/c1-3-12-9-5-4-6-10-11(9)8(2)7-13-10/h4-7H,3H2,1-2H3. The topological polar surface area (TPSA) is 9.23 Å². The summed E-state index contributed by atoms with van der Waals surface area (Å²) in [5.74, 6) is 1.01. The molecule has 0 aliphatic rings. The van der Waals surface area contributed by atoms with Crippen LogP contribution in [0.4, 0.5) is 0 Å². The summed E-state index contributed by atoms with van der Waals surface area (Å²) in [4.78, 5) is 0. The van der Waals surface area contributed by atoms with Crippen LogP contribution < -0.4 is 4.74 Å². The first-order valence-corrected chi connectivity index (χ1v) is 5.30. The third-order valence-electron chi connectivity index (χ3n) is 2.04. The first-order chi connectivity index (χ1) is 6.33. The molecule has 13 heavy (non-hydrogen) atoms. The van der Waals surface area contributed by atoms with E-state index in [0.717, 1.165) is 12.4 Å². The van der Waals surface area contributed by atoms with Gasteiger partial charge in [0.05, 0.1) is 6.61 Å². The van der Waals surface area contributed by atoms with Gasteiger partial charge in [-0.1, -0.05) is 6.07 Å². The highest BCUT2D eigenvalue weighted by molar-refractivity contribution is 7.17. The number of rotatable bonds is 2. The molecule has 68 valence electrons. The van der Waals surface area contributed by atoms with Gasteiger partial charge in [-0.25, -0.2) is 0 Å². The van der Waals surface area contributed by atoms with Crippen LogP contribution in [0.2, 0.25) is 0 Å². The number of thiophene rings is 1. The van der Waals surface area contributed by atoms with E-state index < -0.39 is 0 Å². The minimum atomic E-state index is 0.731. The summed E-state index contributed by atoms with van der Waals surface area (Å²) < 4.78 is 6.87. The molecule has 0 atom stereocenters. The van der Waals surface area contributed by atoms with Crippen LogP contribution in [0.5, 0.6) is 5.75 Å². The number of aryl methyl sites for hydroxylation is 1. The molecule has 0 saturated heterocycles. The molecule has 0 spiro atoms. The molecular weight excluding hydrogens is 180 g/mol. The van der Waals surface area contributed by atoms with E-state index in [0.29, 0.717) is 0 Å². The Morgan fingerprint density at radius 2 is 2.23 bits per heavy atom. The molecule has 1 aromatic carbocycles. The molecule has 0 amide bonds. The molecule has 1 nitrogen and oxygen atoms in total. The Kier molecular flexibility index (Phi) is 2.23. The van der Waals surface area contributed by atoms with Gasteiger partial charge < -0.3 is 4.74 Å². The number of benzene rings is 1. The Morgan fingerprint density at radius 3 is 3.00 bits per heavy atom. The highest BCUT2D eigenvalue weighted by atomic mass is 32.1. The molecule has 0 radical (unpaired) electrons. The van der Waals surface area contributed by atoms with Gasteiger partial charge >= 0.3 is 0 Å². The zero-order valence-electron chi connectivity index (χ0n) is 7.83. The van der Waals surface area contributed by atoms with Crippen molar-refractivity contribution in [1.29, 1.82) is 0 Å². The minimum absolute atomic E-state index is 0.731. The molecule has 2 aromatic rings. The van der Waals surface area contributed by atoms with Crippen LogP contribution in [0.25, 0.3) is 10.1 Å². The fourth-order valence-corrected chi connectivity index (χ4v) is 2.44. The van der Waals surface area contributed by atoms with Crippen LogP contribution in [-0.4, -0.2) is 6.61 Å². The van der Waals surface area contributed by atoms with E-state index in [2.05, 4.69) is 18.4 Å². The average Bonchev–Trinajstić information content (AvgIpc) is 2.50. The van der Waals surface area contributed by atoms with Crippen molar-refractivity contribution < 1.29 is 4.74 Å².